The quantitative estimate of drug-likeness (QED) is 0.335. The monoisotopic (exact) mass is 407 g/mol. The molecule has 1 unspecified atom stereocenters. The Morgan fingerprint density at radius 1 is 1.10 bits per heavy atom. The average molecular weight is 408 g/mol. The van der Waals surface area contributed by atoms with E-state index in [9.17, 15) is 4.39 Å². The van der Waals surface area contributed by atoms with Gasteiger partial charge in [0.2, 0.25) is 0 Å². The van der Waals surface area contributed by atoms with Gasteiger partial charge in [0.1, 0.15) is 6.10 Å². The van der Waals surface area contributed by atoms with E-state index in [-0.39, 0.29) is 17.7 Å². The molecule has 0 radical (unpaired) electrons. The highest BCUT2D eigenvalue weighted by atomic mass is 19.1. The van der Waals surface area contributed by atoms with Crippen LogP contribution in [0.1, 0.15) is 33.6 Å². The van der Waals surface area contributed by atoms with Crippen LogP contribution in [0.3, 0.4) is 0 Å². The van der Waals surface area contributed by atoms with Gasteiger partial charge >= 0.3 is 0 Å². The van der Waals surface area contributed by atoms with Crippen molar-refractivity contribution in [1.29, 1.82) is 0 Å². The summed E-state index contributed by atoms with van der Waals surface area (Å²) in [6.07, 6.45) is 2.09. The third kappa shape index (κ3) is 9.00. The highest BCUT2D eigenvalue weighted by Crippen LogP contribution is 2.16. The van der Waals surface area contributed by atoms with Gasteiger partial charge in [-0.3, -0.25) is 0 Å². The first-order valence-corrected chi connectivity index (χ1v) is 11.0. The van der Waals surface area contributed by atoms with E-state index in [1.807, 2.05) is 13.8 Å². The minimum Gasteiger partial charge on any atom is -0.486 e. The van der Waals surface area contributed by atoms with Gasteiger partial charge in [-0.15, -0.1) is 0 Å². The van der Waals surface area contributed by atoms with Gasteiger partial charge in [0.05, 0.1) is 6.54 Å². The number of hydrogen-bond acceptors (Lipinski definition) is 4. The van der Waals surface area contributed by atoms with Crippen LogP contribution >= 0.6 is 0 Å². The van der Waals surface area contributed by atoms with Crippen LogP contribution in [0.25, 0.3) is 0 Å². The number of para-hydroxylation sites is 1. The van der Waals surface area contributed by atoms with Gasteiger partial charge in [0.25, 0.3) is 0 Å². The highest BCUT2D eigenvalue weighted by Gasteiger charge is 2.14. The fraction of sp³-hybridized carbons (Fsp3) is 0.682. The second-order valence-electron chi connectivity index (χ2n) is 7.49. The Hall–Kier alpha value is -1.86. The van der Waals surface area contributed by atoms with E-state index in [0.29, 0.717) is 6.54 Å². The lowest BCUT2D eigenvalue weighted by Crippen LogP contribution is -2.46. The molecular formula is C22H38FN5O. The van der Waals surface area contributed by atoms with Crippen molar-refractivity contribution in [1.82, 2.24) is 20.4 Å². The lowest BCUT2D eigenvalue weighted by Gasteiger charge is -2.34. The molecule has 1 aromatic rings. The normalized spacial score (nSPS) is 17.2. The van der Waals surface area contributed by atoms with Crippen LogP contribution in [-0.4, -0.2) is 80.8 Å². The molecule has 0 spiro atoms. The van der Waals surface area contributed by atoms with Gasteiger partial charge in [-0.1, -0.05) is 19.1 Å². The summed E-state index contributed by atoms with van der Waals surface area (Å²) >= 11 is 0. The molecular weight excluding hydrogens is 369 g/mol. The number of halogens is 1. The SMILES string of the molecule is CCNC(=NCC(C)Oc1ccccc1F)NCCCCN1CCN(CC)CC1. The molecule has 0 aliphatic carbocycles. The van der Waals surface area contributed by atoms with Crippen molar-refractivity contribution in [3.05, 3.63) is 30.1 Å². The van der Waals surface area contributed by atoms with Crippen molar-refractivity contribution >= 4 is 5.96 Å². The summed E-state index contributed by atoms with van der Waals surface area (Å²) in [6, 6.07) is 6.47. The molecule has 0 saturated carbocycles. The summed E-state index contributed by atoms with van der Waals surface area (Å²) in [7, 11) is 0. The minimum absolute atomic E-state index is 0.204. The third-order valence-electron chi connectivity index (χ3n) is 5.12. The molecule has 0 amide bonds. The molecule has 29 heavy (non-hydrogen) atoms. The first-order chi connectivity index (χ1) is 14.1. The fourth-order valence-corrected chi connectivity index (χ4v) is 3.35. The van der Waals surface area contributed by atoms with Crippen molar-refractivity contribution in [3.63, 3.8) is 0 Å². The second-order valence-corrected chi connectivity index (χ2v) is 7.49. The van der Waals surface area contributed by atoms with Crippen LogP contribution in [0.15, 0.2) is 29.3 Å². The summed E-state index contributed by atoms with van der Waals surface area (Å²) < 4.78 is 19.3. The highest BCUT2D eigenvalue weighted by molar-refractivity contribution is 5.79. The van der Waals surface area contributed by atoms with E-state index in [1.165, 1.54) is 45.2 Å². The first-order valence-electron chi connectivity index (χ1n) is 11.0. The molecule has 0 bridgehead atoms. The summed E-state index contributed by atoms with van der Waals surface area (Å²) in [6.45, 7) is 15.4. The molecule has 1 aliphatic heterocycles. The lowest BCUT2D eigenvalue weighted by atomic mass is 10.2. The molecule has 1 heterocycles. The van der Waals surface area contributed by atoms with Gasteiger partial charge in [-0.2, -0.15) is 0 Å². The number of likely N-dealkylation sites (N-methyl/N-ethyl adjacent to an activating group) is 1. The van der Waals surface area contributed by atoms with E-state index in [1.54, 1.807) is 18.2 Å². The average Bonchev–Trinajstić information content (AvgIpc) is 2.74. The Labute approximate surface area is 175 Å². The first kappa shape index (κ1) is 23.4. The van der Waals surface area contributed by atoms with Crippen LogP contribution < -0.4 is 15.4 Å². The Kier molecular flexibility index (Phi) is 10.8. The van der Waals surface area contributed by atoms with Gasteiger partial charge in [0, 0.05) is 39.3 Å². The standard InChI is InChI=1S/C22H38FN5O/c1-4-24-22(26-18-19(3)29-21-11-7-6-10-20(21)23)25-12-8-9-13-28-16-14-27(5-2)15-17-28/h6-7,10-11,19H,4-5,8-9,12-18H2,1-3H3,(H2,24,25,26). The maximum Gasteiger partial charge on any atom is 0.191 e. The van der Waals surface area contributed by atoms with E-state index in [0.717, 1.165) is 32.0 Å². The van der Waals surface area contributed by atoms with Crippen LogP contribution in [0.4, 0.5) is 4.39 Å². The van der Waals surface area contributed by atoms with Crippen LogP contribution in [0.2, 0.25) is 0 Å². The maximum atomic E-state index is 13.7. The number of benzene rings is 1. The Morgan fingerprint density at radius 3 is 2.52 bits per heavy atom. The zero-order valence-corrected chi connectivity index (χ0v) is 18.3. The number of guanidine groups is 1. The number of piperazine rings is 1. The molecule has 2 rings (SSSR count). The number of nitrogens with one attached hydrogen (secondary N) is 2. The van der Waals surface area contributed by atoms with Crippen LogP contribution in [-0.2, 0) is 0 Å². The number of aliphatic imine (C=N–C) groups is 1. The predicted molar refractivity (Wildman–Crippen MR) is 118 cm³/mol. The molecule has 1 saturated heterocycles. The van der Waals surface area contributed by atoms with E-state index >= 15 is 0 Å². The largest absolute Gasteiger partial charge is 0.486 e. The van der Waals surface area contributed by atoms with Gasteiger partial charge < -0.3 is 25.2 Å². The smallest absolute Gasteiger partial charge is 0.191 e. The molecule has 1 aromatic carbocycles. The maximum absolute atomic E-state index is 13.7. The minimum atomic E-state index is -0.343. The van der Waals surface area contributed by atoms with Crippen molar-refractivity contribution in [2.24, 2.45) is 4.99 Å². The molecule has 7 heteroatoms. The van der Waals surface area contributed by atoms with Crippen molar-refractivity contribution in [3.8, 4) is 5.75 Å². The lowest BCUT2D eigenvalue weighted by molar-refractivity contribution is 0.136. The zero-order chi connectivity index (χ0) is 20.9. The zero-order valence-electron chi connectivity index (χ0n) is 18.3. The Bertz CT molecular complexity index is 605. The number of hydrogen-bond donors (Lipinski definition) is 2. The number of rotatable bonds is 11. The third-order valence-corrected chi connectivity index (χ3v) is 5.12. The van der Waals surface area contributed by atoms with Crippen LogP contribution in [0.5, 0.6) is 5.75 Å². The molecule has 164 valence electrons. The summed E-state index contributed by atoms with van der Waals surface area (Å²) in [5.74, 6) is 0.713. The number of nitrogens with zero attached hydrogens (tertiary/aromatic N) is 3. The van der Waals surface area contributed by atoms with Crippen molar-refractivity contribution in [2.45, 2.75) is 39.7 Å². The Morgan fingerprint density at radius 2 is 1.83 bits per heavy atom. The Balaban J connectivity index is 1.64. The predicted octanol–water partition coefficient (Wildman–Crippen LogP) is 2.57. The molecule has 0 aromatic heterocycles. The fourth-order valence-electron chi connectivity index (χ4n) is 3.35. The van der Waals surface area contributed by atoms with E-state index in [2.05, 4.69) is 32.3 Å². The van der Waals surface area contributed by atoms with Crippen molar-refractivity contribution < 1.29 is 9.13 Å². The topological polar surface area (TPSA) is 52.1 Å². The molecule has 1 fully saturated rings. The van der Waals surface area contributed by atoms with E-state index < -0.39 is 0 Å². The number of ether oxygens (including phenoxy) is 1. The summed E-state index contributed by atoms with van der Waals surface area (Å²) in [5, 5.41) is 6.65. The second kappa shape index (κ2) is 13.4. The van der Waals surface area contributed by atoms with Crippen molar-refractivity contribution in [2.75, 3.05) is 58.9 Å². The summed E-state index contributed by atoms with van der Waals surface area (Å²) in [5.41, 5.74) is 0. The van der Waals surface area contributed by atoms with Gasteiger partial charge in [-0.25, -0.2) is 9.38 Å². The summed E-state index contributed by atoms with van der Waals surface area (Å²) in [4.78, 5) is 9.65. The van der Waals surface area contributed by atoms with E-state index in [4.69, 9.17) is 4.74 Å². The van der Waals surface area contributed by atoms with Gasteiger partial charge in [-0.05, 0) is 51.9 Å². The molecule has 2 N–H and O–H groups in total. The number of unbranched alkanes of at least 4 members (excludes halogenated alkanes) is 1. The van der Waals surface area contributed by atoms with Crippen LogP contribution in [0, 0.1) is 5.82 Å². The molecule has 1 atom stereocenters. The van der Waals surface area contributed by atoms with Gasteiger partial charge in [0.15, 0.2) is 17.5 Å². The molecule has 1 aliphatic rings. The molecule has 6 nitrogen and oxygen atoms in total.